The Hall–Kier alpha value is -8.14. The fraction of sp³-hybridized carbons (Fsp3) is 0.0169. The third kappa shape index (κ3) is 4.49. The van der Waals surface area contributed by atoms with Gasteiger partial charge >= 0.3 is 0 Å². The third-order valence-corrected chi connectivity index (χ3v) is 13.7. The van der Waals surface area contributed by atoms with Crippen LogP contribution < -0.4 is 4.90 Å². The molecule has 2 aliphatic carbocycles. The average Bonchev–Trinajstić information content (AvgIpc) is 4.05. The fourth-order valence-corrected chi connectivity index (χ4v) is 11.0. The third-order valence-electron chi connectivity index (χ3n) is 13.7. The predicted molar refractivity (Wildman–Crippen MR) is 255 cm³/mol. The number of hydrogen-bond acceptors (Lipinski definition) is 3. The summed E-state index contributed by atoms with van der Waals surface area (Å²) in [5, 5.41) is 6.81. The van der Waals surface area contributed by atoms with Gasteiger partial charge in [0.1, 0.15) is 22.3 Å². The maximum absolute atomic E-state index is 6.57. The Kier molecular flexibility index (Phi) is 6.76. The Morgan fingerprint density at radius 2 is 0.823 bits per heavy atom. The van der Waals surface area contributed by atoms with Gasteiger partial charge in [0.05, 0.1) is 11.1 Å². The number of fused-ring (bicyclic) bond motifs is 17. The van der Waals surface area contributed by atoms with Crippen LogP contribution in [0.2, 0.25) is 0 Å². The molecule has 0 radical (unpaired) electrons. The molecule has 0 atom stereocenters. The molecule has 0 N–H and O–H groups in total. The van der Waals surface area contributed by atoms with Gasteiger partial charge in [-0.15, -0.1) is 0 Å². The molecule has 0 unspecified atom stereocenters. The van der Waals surface area contributed by atoms with E-state index in [4.69, 9.17) is 8.83 Å². The number of furan rings is 2. The van der Waals surface area contributed by atoms with Crippen LogP contribution in [0.5, 0.6) is 0 Å². The molecule has 0 fully saturated rings. The second-order valence-corrected chi connectivity index (χ2v) is 16.8. The second kappa shape index (κ2) is 12.4. The lowest BCUT2D eigenvalue weighted by molar-refractivity contribution is 0.669. The van der Waals surface area contributed by atoms with Crippen molar-refractivity contribution >= 4 is 71.7 Å². The summed E-state index contributed by atoms with van der Waals surface area (Å²) in [7, 11) is 0. The minimum atomic E-state index is -0.472. The first-order chi connectivity index (χ1) is 30.7. The lowest BCUT2D eigenvalue weighted by Crippen LogP contribution is -2.26. The van der Waals surface area contributed by atoms with Crippen LogP contribution in [0.1, 0.15) is 22.3 Å². The van der Waals surface area contributed by atoms with Crippen molar-refractivity contribution in [3.8, 4) is 33.4 Å². The van der Waals surface area contributed by atoms with Crippen molar-refractivity contribution in [3.63, 3.8) is 0 Å². The molecule has 0 saturated carbocycles. The van der Waals surface area contributed by atoms with Gasteiger partial charge in [-0.2, -0.15) is 0 Å². The predicted octanol–water partition coefficient (Wildman–Crippen LogP) is 16.1. The van der Waals surface area contributed by atoms with Gasteiger partial charge in [-0.05, 0) is 122 Å². The van der Waals surface area contributed by atoms with Crippen molar-refractivity contribution in [3.05, 3.63) is 235 Å². The molecule has 62 heavy (non-hydrogen) atoms. The van der Waals surface area contributed by atoms with Crippen molar-refractivity contribution < 1.29 is 8.83 Å². The van der Waals surface area contributed by atoms with Crippen LogP contribution in [0, 0.1) is 0 Å². The summed E-state index contributed by atoms with van der Waals surface area (Å²) in [4.78, 5) is 2.43. The van der Waals surface area contributed by atoms with Crippen LogP contribution in [0.4, 0.5) is 17.1 Å². The molecular formula is C59H35NO2. The summed E-state index contributed by atoms with van der Waals surface area (Å²) in [6.07, 6.45) is 0. The molecule has 0 amide bonds. The maximum Gasteiger partial charge on any atom is 0.137 e. The summed E-state index contributed by atoms with van der Waals surface area (Å²) < 4.78 is 13.1. The standard InChI is InChI=1S/C59H35NO2/c1-2-14-37-33-57-49(31-36(37)13-1)48-32-38(25-30-56(48)62-57)41-15-6-11-23-54(41)60(40-27-29-47-46-19-7-12-24-55(46)61-58(47)35-40)39-26-28-45-44-18-5-10-22-52(44)59(53(45)34-39)50-20-8-3-16-42(50)43-17-4-9-21-51(43)59/h1-35H. The van der Waals surface area contributed by atoms with Crippen molar-refractivity contribution in [1.82, 2.24) is 0 Å². The van der Waals surface area contributed by atoms with E-state index in [-0.39, 0.29) is 0 Å². The second-order valence-electron chi connectivity index (χ2n) is 16.8. The summed E-state index contributed by atoms with van der Waals surface area (Å²) >= 11 is 0. The highest BCUT2D eigenvalue weighted by atomic mass is 16.3. The van der Waals surface area contributed by atoms with E-state index in [9.17, 15) is 0 Å². The molecular weight excluding hydrogens is 755 g/mol. The zero-order valence-electron chi connectivity index (χ0n) is 33.5. The van der Waals surface area contributed by atoms with E-state index in [1.807, 2.05) is 6.07 Å². The van der Waals surface area contributed by atoms with Gasteiger partial charge in [0.2, 0.25) is 0 Å². The van der Waals surface area contributed by atoms with Crippen LogP contribution in [0.15, 0.2) is 221 Å². The first kappa shape index (κ1) is 33.7. The average molecular weight is 790 g/mol. The molecule has 10 aromatic carbocycles. The van der Waals surface area contributed by atoms with E-state index in [0.717, 1.165) is 72.1 Å². The SMILES string of the molecule is c1ccc(N(c2ccc3c(c2)C2(c4ccccc4-c4ccccc42)c2ccccc2-3)c2ccc3c(c2)oc2ccccc23)c(-c2ccc3oc4cc5ccccc5cc4c3c2)c1. The minimum absolute atomic E-state index is 0.472. The lowest BCUT2D eigenvalue weighted by atomic mass is 9.70. The molecule has 14 rings (SSSR count). The molecule has 1 spiro atoms. The Morgan fingerprint density at radius 3 is 1.56 bits per heavy atom. The monoisotopic (exact) mass is 789 g/mol. The van der Waals surface area contributed by atoms with Gasteiger partial charge in [0.25, 0.3) is 0 Å². The summed E-state index contributed by atoms with van der Waals surface area (Å²) in [5.41, 5.74) is 18.8. The minimum Gasteiger partial charge on any atom is -0.456 e. The van der Waals surface area contributed by atoms with Crippen LogP contribution in [0.3, 0.4) is 0 Å². The van der Waals surface area contributed by atoms with E-state index < -0.39 is 5.41 Å². The van der Waals surface area contributed by atoms with Gasteiger partial charge in [0.15, 0.2) is 0 Å². The topological polar surface area (TPSA) is 29.5 Å². The zero-order chi connectivity index (χ0) is 40.5. The normalized spacial score (nSPS) is 13.3. The fourth-order valence-electron chi connectivity index (χ4n) is 11.0. The van der Waals surface area contributed by atoms with E-state index in [1.54, 1.807) is 0 Å². The molecule has 2 aromatic heterocycles. The zero-order valence-corrected chi connectivity index (χ0v) is 33.5. The van der Waals surface area contributed by atoms with Crippen molar-refractivity contribution in [2.24, 2.45) is 0 Å². The number of para-hydroxylation sites is 2. The van der Waals surface area contributed by atoms with Gasteiger partial charge in [-0.3, -0.25) is 0 Å². The molecule has 0 bridgehead atoms. The molecule has 2 heterocycles. The van der Waals surface area contributed by atoms with Crippen molar-refractivity contribution in [1.29, 1.82) is 0 Å². The highest BCUT2D eigenvalue weighted by Gasteiger charge is 2.51. The quantitative estimate of drug-likeness (QED) is 0.178. The Labute approximate surface area is 357 Å². The largest absolute Gasteiger partial charge is 0.456 e. The highest BCUT2D eigenvalue weighted by Crippen LogP contribution is 2.63. The van der Waals surface area contributed by atoms with Crippen molar-refractivity contribution in [2.45, 2.75) is 5.41 Å². The Morgan fingerprint density at radius 1 is 0.306 bits per heavy atom. The van der Waals surface area contributed by atoms with Crippen LogP contribution in [-0.4, -0.2) is 0 Å². The van der Waals surface area contributed by atoms with Gasteiger partial charge in [0, 0.05) is 44.5 Å². The summed E-state index contributed by atoms with van der Waals surface area (Å²) in [5.74, 6) is 0. The van der Waals surface area contributed by atoms with E-state index in [1.165, 1.54) is 55.3 Å². The number of hydrogen-bond donors (Lipinski definition) is 0. The molecule has 0 saturated heterocycles. The highest BCUT2D eigenvalue weighted by molar-refractivity contribution is 6.12. The molecule has 12 aromatic rings. The Bertz CT molecular complexity index is 3780. The number of benzene rings is 10. The molecule has 288 valence electrons. The summed E-state index contributed by atoms with van der Waals surface area (Å²) in [6.45, 7) is 0. The number of anilines is 3. The van der Waals surface area contributed by atoms with Gasteiger partial charge < -0.3 is 13.7 Å². The first-order valence-electron chi connectivity index (χ1n) is 21.3. The van der Waals surface area contributed by atoms with Crippen LogP contribution in [-0.2, 0) is 5.41 Å². The van der Waals surface area contributed by atoms with E-state index in [2.05, 4.69) is 211 Å². The lowest BCUT2D eigenvalue weighted by Gasteiger charge is -2.32. The maximum atomic E-state index is 6.57. The molecule has 3 heteroatoms. The molecule has 2 aliphatic rings. The van der Waals surface area contributed by atoms with E-state index >= 15 is 0 Å². The van der Waals surface area contributed by atoms with Crippen molar-refractivity contribution in [2.75, 3.05) is 4.90 Å². The van der Waals surface area contributed by atoms with Gasteiger partial charge in [-0.1, -0.05) is 146 Å². The first-order valence-corrected chi connectivity index (χ1v) is 21.3. The smallest absolute Gasteiger partial charge is 0.137 e. The Balaban J connectivity index is 1.03. The summed E-state index contributed by atoms with van der Waals surface area (Å²) in [6, 6.07) is 77.5. The number of nitrogens with zero attached hydrogens (tertiary/aromatic N) is 1. The van der Waals surface area contributed by atoms with Crippen LogP contribution >= 0.6 is 0 Å². The molecule has 3 nitrogen and oxygen atoms in total. The van der Waals surface area contributed by atoms with Crippen LogP contribution in [0.25, 0.3) is 88.0 Å². The van der Waals surface area contributed by atoms with Gasteiger partial charge in [-0.25, -0.2) is 0 Å². The van der Waals surface area contributed by atoms with E-state index in [0.29, 0.717) is 0 Å². The number of rotatable bonds is 4. The molecule has 0 aliphatic heterocycles.